The van der Waals surface area contributed by atoms with E-state index in [2.05, 4.69) is 0 Å². The van der Waals surface area contributed by atoms with Crippen molar-refractivity contribution in [3.63, 3.8) is 0 Å². The summed E-state index contributed by atoms with van der Waals surface area (Å²) in [4.78, 5) is 24.6. The Kier molecular flexibility index (Phi) is 6.85. The first-order chi connectivity index (χ1) is 7.81. The van der Waals surface area contributed by atoms with Gasteiger partial charge >= 0.3 is 5.97 Å². The fraction of sp³-hybridized carbons (Fsp3) is 0.846. The molecule has 100 valence electrons. The summed E-state index contributed by atoms with van der Waals surface area (Å²) in [5.74, 6) is -0.801. The van der Waals surface area contributed by atoms with E-state index in [1.807, 2.05) is 34.6 Å². The molecule has 0 heterocycles. The molecular formula is C13H25NO3. The van der Waals surface area contributed by atoms with Gasteiger partial charge in [0.25, 0.3) is 0 Å². The van der Waals surface area contributed by atoms with Crippen molar-refractivity contribution in [3.8, 4) is 0 Å². The highest BCUT2D eigenvalue weighted by Gasteiger charge is 2.28. The van der Waals surface area contributed by atoms with Crippen LogP contribution in [0, 0.1) is 11.8 Å². The van der Waals surface area contributed by atoms with Crippen molar-refractivity contribution in [1.82, 2.24) is 4.90 Å². The molecule has 0 saturated carbocycles. The van der Waals surface area contributed by atoms with Gasteiger partial charge in [-0.15, -0.1) is 0 Å². The van der Waals surface area contributed by atoms with E-state index in [9.17, 15) is 9.59 Å². The van der Waals surface area contributed by atoms with Crippen LogP contribution in [-0.4, -0.2) is 34.5 Å². The number of hydrogen-bond donors (Lipinski definition) is 1. The van der Waals surface area contributed by atoms with E-state index in [1.54, 1.807) is 0 Å². The Hall–Kier alpha value is -1.06. The molecule has 0 aliphatic heterocycles. The third-order valence-corrected chi connectivity index (χ3v) is 2.93. The maximum Gasteiger partial charge on any atom is 0.323 e. The molecule has 0 saturated heterocycles. The summed E-state index contributed by atoms with van der Waals surface area (Å²) in [6.07, 6.45) is 1.76. The summed E-state index contributed by atoms with van der Waals surface area (Å²) >= 11 is 0. The molecule has 4 nitrogen and oxygen atoms in total. The van der Waals surface area contributed by atoms with Gasteiger partial charge in [-0.2, -0.15) is 0 Å². The van der Waals surface area contributed by atoms with Crippen molar-refractivity contribution in [2.24, 2.45) is 11.8 Å². The quantitative estimate of drug-likeness (QED) is 0.747. The molecule has 0 radical (unpaired) electrons. The Morgan fingerprint density at radius 1 is 1.18 bits per heavy atom. The van der Waals surface area contributed by atoms with Crippen LogP contribution in [0.2, 0.25) is 0 Å². The normalized spacial score (nSPS) is 12.9. The third-order valence-electron chi connectivity index (χ3n) is 2.93. The molecule has 0 aliphatic carbocycles. The Morgan fingerprint density at radius 3 is 2.00 bits per heavy atom. The smallest absolute Gasteiger partial charge is 0.323 e. The molecule has 0 aromatic rings. The van der Waals surface area contributed by atoms with Crippen molar-refractivity contribution in [2.45, 2.75) is 53.5 Å². The van der Waals surface area contributed by atoms with Gasteiger partial charge in [0.2, 0.25) is 5.91 Å². The highest BCUT2D eigenvalue weighted by Crippen LogP contribution is 2.21. The molecule has 0 aliphatic rings. The van der Waals surface area contributed by atoms with Gasteiger partial charge in [-0.25, -0.2) is 0 Å². The summed E-state index contributed by atoms with van der Waals surface area (Å²) in [6.45, 7) is 9.56. The zero-order valence-electron chi connectivity index (χ0n) is 11.6. The van der Waals surface area contributed by atoms with E-state index >= 15 is 0 Å². The Balaban J connectivity index is 4.83. The van der Waals surface area contributed by atoms with E-state index in [0.717, 1.165) is 12.8 Å². The summed E-state index contributed by atoms with van der Waals surface area (Å²) in [6, 6.07) is -0.0725. The first-order valence-corrected chi connectivity index (χ1v) is 6.33. The number of nitrogens with zero attached hydrogens (tertiary/aromatic N) is 1. The zero-order chi connectivity index (χ0) is 13.6. The topological polar surface area (TPSA) is 57.6 Å². The van der Waals surface area contributed by atoms with E-state index in [4.69, 9.17) is 5.11 Å². The molecule has 0 aromatic heterocycles. The first-order valence-electron chi connectivity index (χ1n) is 6.33. The van der Waals surface area contributed by atoms with Gasteiger partial charge < -0.3 is 10.0 Å². The number of aliphatic carboxylic acids is 1. The van der Waals surface area contributed by atoms with Crippen LogP contribution in [0.4, 0.5) is 0 Å². The van der Waals surface area contributed by atoms with Crippen LogP contribution in [0.3, 0.4) is 0 Å². The van der Waals surface area contributed by atoms with E-state index in [-0.39, 0.29) is 30.3 Å². The van der Waals surface area contributed by atoms with Gasteiger partial charge in [-0.3, -0.25) is 9.59 Å². The molecule has 0 bridgehead atoms. The van der Waals surface area contributed by atoms with Gasteiger partial charge in [0.15, 0.2) is 0 Å². The lowest BCUT2D eigenvalue weighted by Crippen LogP contribution is -2.45. The lowest BCUT2D eigenvalue weighted by molar-refractivity contribution is -0.148. The van der Waals surface area contributed by atoms with E-state index in [1.165, 1.54) is 4.90 Å². The standard InChI is InChI=1S/C13H25NO3/c1-6-7-11(9(2)3)13(17)14(10(4)5)8-12(15)16/h9-11H,6-8H2,1-5H3,(H,15,16). The fourth-order valence-electron chi connectivity index (χ4n) is 1.93. The SMILES string of the molecule is CCCC(C(=O)N(CC(=O)O)C(C)C)C(C)C. The number of rotatable bonds is 7. The van der Waals surface area contributed by atoms with Gasteiger partial charge in [-0.1, -0.05) is 27.2 Å². The monoisotopic (exact) mass is 243 g/mol. The van der Waals surface area contributed by atoms with Gasteiger partial charge in [0.1, 0.15) is 6.54 Å². The first kappa shape index (κ1) is 15.9. The van der Waals surface area contributed by atoms with Crippen LogP contribution >= 0.6 is 0 Å². The van der Waals surface area contributed by atoms with Crippen LogP contribution in [0.15, 0.2) is 0 Å². The number of amides is 1. The molecule has 1 amide bonds. The van der Waals surface area contributed by atoms with Crippen LogP contribution < -0.4 is 0 Å². The average molecular weight is 243 g/mol. The maximum absolute atomic E-state index is 12.3. The highest BCUT2D eigenvalue weighted by atomic mass is 16.4. The summed E-state index contributed by atoms with van der Waals surface area (Å²) in [5, 5.41) is 8.84. The average Bonchev–Trinajstić information content (AvgIpc) is 2.20. The second kappa shape index (κ2) is 7.30. The van der Waals surface area contributed by atoms with Crippen molar-refractivity contribution in [3.05, 3.63) is 0 Å². The van der Waals surface area contributed by atoms with Gasteiger partial charge in [-0.05, 0) is 26.2 Å². The van der Waals surface area contributed by atoms with Crippen molar-refractivity contribution >= 4 is 11.9 Å². The Labute approximate surface area is 104 Å². The van der Waals surface area contributed by atoms with Crippen LogP contribution in [0.25, 0.3) is 0 Å². The highest BCUT2D eigenvalue weighted by molar-refractivity contribution is 5.83. The number of carboxylic acids is 1. The van der Waals surface area contributed by atoms with Gasteiger partial charge in [0, 0.05) is 12.0 Å². The van der Waals surface area contributed by atoms with Crippen LogP contribution in [0.5, 0.6) is 0 Å². The lowest BCUT2D eigenvalue weighted by atomic mass is 9.89. The predicted molar refractivity (Wildman–Crippen MR) is 67.7 cm³/mol. The van der Waals surface area contributed by atoms with E-state index < -0.39 is 5.97 Å². The second-order valence-electron chi connectivity index (χ2n) is 5.09. The van der Waals surface area contributed by atoms with Crippen LogP contribution in [-0.2, 0) is 9.59 Å². The number of hydrogen-bond acceptors (Lipinski definition) is 2. The molecule has 0 spiro atoms. The summed E-state index contributed by atoms with van der Waals surface area (Å²) in [5.41, 5.74) is 0. The molecule has 0 rings (SSSR count). The zero-order valence-corrected chi connectivity index (χ0v) is 11.6. The molecule has 17 heavy (non-hydrogen) atoms. The third kappa shape index (κ3) is 5.20. The molecule has 1 atom stereocenters. The minimum Gasteiger partial charge on any atom is -0.480 e. The minimum atomic E-state index is -0.953. The van der Waals surface area contributed by atoms with Crippen LogP contribution in [0.1, 0.15) is 47.5 Å². The lowest BCUT2D eigenvalue weighted by Gasteiger charge is -2.31. The van der Waals surface area contributed by atoms with Crippen molar-refractivity contribution in [2.75, 3.05) is 6.54 Å². The molecule has 0 aromatic carbocycles. The Morgan fingerprint density at radius 2 is 1.71 bits per heavy atom. The number of carbonyl (C=O) groups is 2. The maximum atomic E-state index is 12.3. The van der Waals surface area contributed by atoms with E-state index in [0.29, 0.717) is 0 Å². The number of carboxylic acid groups (broad SMARTS) is 1. The number of carbonyl (C=O) groups excluding carboxylic acids is 1. The van der Waals surface area contributed by atoms with Gasteiger partial charge in [0.05, 0.1) is 0 Å². The largest absolute Gasteiger partial charge is 0.480 e. The van der Waals surface area contributed by atoms with Crippen molar-refractivity contribution in [1.29, 1.82) is 0 Å². The minimum absolute atomic E-state index is 0.0285. The molecular weight excluding hydrogens is 218 g/mol. The molecule has 1 unspecified atom stereocenters. The predicted octanol–water partition coefficient (Wildman–Crippen LogP) is 2.38. The fourth-order valence-corrected chi connectivity index (χ4v) is 1.93. The molecule has 1 N–H and O–H groups in total. The molecule has 4 heteroatoms. The summed E-state index contributed by atoms with van der Waals surface area (Å²) < 4.78 is 0. The second-order valence-corrected chi connectivity index (χ2v) is 5.09. The summed E-state index contributed by atoms with van der Waals surface area (Å²) in [7, 11) is 0. The molecule has 0 fully saturated rings. The van der Waals surface area contributed by atoms with Crippen molar-refractivity contribution < 1.29 is 14.7 Å². The Bertz CT molecular complexity index is 261.